The normalized spacial score (nSPS) is 30.6. The van der Waals surface area contributed by atoms with Crippen molar-refractivity contribution in [1.29, 1.82) is 0 Å². The van der Waals surface area contributed by atoms with Gasteiger partial charge in [-0.05, 0) is 58.0 Å². The van der Waals surface area contributed by atoms with Crippen molar-refractivity contribution in [3.05, 3.63) is 24.0 Å². The summed E-state index contributed by atoms with van der Waals surface area (Å²) in [5.74, 6) is 1.40. The summed E-state index contributed by atoms with van der Waals surface area (Å²) in [5.41, 5.74) is 1.20. The molecule has 0 aliphatic carbocycles. The largest absolute Gasteiger partial charge is 0.440 e. The molecule has 144 valence electrons. The highest BCUT2D eigenvalue weighted by molar-refractivity contribution is 5.96. The van der Waals surface area contributed by atoms with Gasteiger partial charge in [0, 0.05) is 48.9 Å². The molecule has 0 aromatic carbocycles. The lowest BCUT2D eigenvalue weighted by Crippen LogP contribution is -2.62. The summed E-state index contributed by atoms with van der Waals surface area (Å²) < 4.78 is 6.06. The average Bonchev–Trinajstić information content (AvgIpc) is 3.15. The molecule has 0 radical (unpaired) electrons. The van der Waals surface area contributed by atoms with Gasteiger partial charge in [-0.3, -0.25) is 14.7 Å². The van der Waals surface area contributed by atoms with Crippen LogP contribution in [0.15, 0.2) is 22.7 Å². The van der Waals surface area contributed by atoms with E-state index < -0.39 is 0 Å². The molecule has 1 N–H and O–H groups in total. The second kappa shape index (κ2) is 6.82. The highest BCUT2D eigenvalue weighted by atomic mass is 16.4. The van der Waals surface area contributed by atoms with Crippen molar-refractivity contribution < 1.29 is 9.21 Å². The van der Waals surface area contributed by atoms with E-state index in [-0.39, 0.29) is 11.9 Å². The molecule has 6 rings (SSSR count). The smallest absolute Gasteiger partial charge is 0.270 e. The molecule has 2 aromatic rings. The van der Waals surface area contributed by atoms with E-state index in [9.17, 15) is 4.79 Å². The number of pyridine rings is 1. The first kappa shape index (κ1) is 17.0. The number of anilines is 1. The average molecular weight is 368 g/mol. The van der Waals surface area contributed by atoms with Gasteiger partial charge in [0.1, 0.15) is 11.3 Å². The maximum atomic E-state index is 12.8. The monoisotopic (exact) mass is 368 g/mol. The lowest BCUT2D eigenvalue weighted by molar-refractivity contribution is 0.0216. The van der Waals surface area contributed by atoms with Gasteiger partial charge in [0.15, 0.2) is 5.88 Å². The van der Waals surface area contributed by atoms with Crippen LogP contribution in [-0.2, 0) is 0 Å². The molecular formula is C21H28N4O2. The Hall–Kier alpha value is -2.08. The molecule has 6 nitrogen and oxygen atoms in total. The van der Waals surface area contributed by atoms with Crippen molar-refractivity contribution >= 4 is 22.8 Å². The minimum atomic E-state index is -0.0848. The highest BCUT2D eigenvalue weighted by Gasteiger charge is 2.40. The van der Waals surface area contributed by atoms with Gasteiger partial charge < -0.3 is 14.6 Å². The summed E-state index contributed by atoms with van der Waals surface area (Å²) in [6.07, 6.45) is 7.83. The molecule has 6 heteroatoms. The van der Waals surface area contributed by atoms with Gasteiger partial charge in [-0.25, -0.2) is 0 Å². The predicted molar refractivity (Wildman–Crippen MR) is 105 cm³/mol. The summed E-state index contributed by atoms with van der Waals surface area (Å²) in [4.78, 5) is 22.0. The van der Waals surface area contributed by atoms with Crippen LogP contribution in [0.5, 0.6) is 0 Å². The zero-order valence-corrected chi connectivity index (χ0v) is 16.0. The Balaban J connectivity index is 1.34. The Morgan fingerprint density at radius 3 is 2.67 bits per heavy atom. The molecule has 6 heterocycles. The van der Waals surface area contributed by atoms with Gasteiger partial charge in [0.05, 0.1) is 0 Å². The molecule has 2 atom stereocenters. The number of carbonyl (C=O) groups is 1. The molecule has 4 aliphatic heterocycles. The summed E-state index contributed by atoms with van der Waals surface area (Å²) in [6.45, 7) is 6.63. The third kappa shape index (κ3) is 3.10. The number of piperidine rings is 4. The summed E-state index contributed by atoms with van der Waals surface area (Å²) in [6, 6.07) is 4.46. The minimum Gasteiger partial charge on any atom is -0.440 e. The van der Waals surface area contributed by atoms with Crippen LogP contribution in [0.1, 0.15) is 49.5 Å². The predicted octanol–water partition coefficient (Wildman–Crippen LogP) is 3.03. The SMILES string of the molecule is CC1C(NC(=O)c2cc3oc(N4CCCCC4)cc3cn2)C2CCN1CC2. The standard InChI is InChI=1S/C21H28N4O2/c1-14-20(15-5-9-24(14)10-6-15)23-21(26)17-12-18-16(13-22-17)11-19(27-18)25-7-3-2-4-8-25/h11-15,20H,2-10H2,1H3,(H,23,26). The van der Waals surface area contributed by atoms with Gasteiger partial charge >= 0.3 is 0 Å². The lowest BCUT2D eigenvalue weighted by atomic mass is 9.79. The van der Waals surface area contributed by atoms with E-state index in [0.717, 1.165) is 43.0 Å². The maximum absolute atomic E-state index is 12.8. The molecule has 1 amide bonds. The van der Waals surface area contributed by atoms with E-state index in [2.05, 4.69) is 27.0 Å². The third-order valence-electron chi connectivity index (χ3n) is 6.76. The second-order valence-electron chi connectivity index (χ2n) is 8.35. The van der Waals surface area contributed by atoms with Crippen LogP contribution >= 0.6 is 0 Å². The van der Waals surface area contributed by atoms with Crippen LogP contribution in [0.2, 0.25) is 0 Å². The Kier molecular flexibility index (Phi) is 4.31. The van der Waals surface area contributed by atoms with Gasteiger partial charge in [0.2, 0.25) is 0 Å². The number of fused-ring (bicyclic) bond motifs is 4. The number of aromatic nitrogens is 1. The summed E-state index contributed by atoms with van der Waals surface area (Å²) >= 11 is 0. The molecule has 4 aliphatic rings. The van der Waals surface area contributed by atoms with Crippen LogP contribution in [0, 0.1) is 5.92 Å². The van der Waals surface area contributed by atoms with E-state index in [0.29, 0.717) is 17.7 Å². The van der Waals surface area contributed by atoms with Gasteiger partial charge in [0.25, 0.3) is 5.91 Å². The van der Waals surface area contributed by atoms with Crippen molar-refractivity contribution in [1.82, 2.24) is 15.2 Å². The number of rotatable bonds is 3. The number of amides is 1. The van der Waals surface area contributed by atoms with Crippen molar-refractivity contribution in [2.75, 3.05) is 31.1 Å². The van der Waals surface area contributed by atoms with E-state index in [4.69, 9.17) is 4.42 Å². The van der Waals surface area contributed by atoms with Crippen LogP contribution in [0.4, 0.5) is 5.88 Å². The molecule has 0 saturated carbocycles. The zero-order valence-electron chi connectivity index (χ0n) is 16.0. The van der Waals surface area contributed by atoms with E-state index in [1.165, 1.54) is 32.1 Å². The van der Waals surface area contributed by atoms with Crippen molar-refractivity contribution in [2.45, 2.75) is 51.1 Å². The highest BCUT2D eigenvalue weighted by Crippen LogP contribution is 2.32. The topological polar surface area (TPSA) is 61.6 Å². The Labute approximate surface area is 159 Å². The Morgan fingerprint density at radius 1 is 1.15 bits per heavy atom. The molecule has 4 saturated heterocycles. The first-order chi connectivity index (χ1) is 13.2. The van der Waals surface area contributed by atoms with Crippen LogP contribution in [0.3, 0.4) is 0 Å². The van der Waals surface area contributed by atoms with Gasteiger partial charge in [-0.1, -0.05) is 0 Å². The number of hydrogen-bond donors (Lipinski definition) is 1. The lowest BCUT2D eigenvalue weighted by Gasteiger charge is -2.49. The van der Waals surface area contributed by atoms with E-state index in [1.807, 2.05) is 6.07 Å². The van der Waals surface area contributed by atoms with Crippen molar-refractivity contribution in [3.63, 3.8) is 0 Å². The molecule has 27 heavy (non-hydrogen) atoms. The Morgan fingerprint density at radius 2 is 1.93 bits per heavy atom. The maximum Gasteiger partial charge on any atom is 0.270 e. The van der Waals surface area contributed by atoms with E-state index >= 15 is 0 Å². The number of nitrogens with one attached hydrogen (secondary N) is 1. The van der Waals surface area contributed by atoms with Crippen molar-refractivity contribution in [2.24, 2.45) is 5.92 Å². The van der Waals surface area contributed by atoms with Crippen LogP contribution in [0.25, 0.3) is 11.0 Å². The second-order valence-corrected chi connectivity index (χ2v) is 8.35. The fraction of sp³-hybridized carbons (Fsp3) is 0.619. The number of carbonyl (C=O) groups excluding carboxylic acids is 1. The molecule has 2 aromatic heterocycles. The molecule has 2 unspecified atom stereocenters. The third-order valence-corrected chi connectivity index (χ3v) is 6.76. The summed E-state index contributed by atoms with van der Waals surface area (Å²) in [5, 5.41) is 4.22. The fourth-order valence-corrected chi connectivity index (χ4v) is 5.08. The molecule has 2 bridgehead atoms. The zero-order chi connectivity index (χ0) is 18.4. The Bertz CT molecular complexity index is 832. The molecule has 4 fully saturated rings. The number of nitrogens with zero attached hydrogens (tertiary/aromatic N) is 3. The van der Waals surface area contributed by atoms with Crippen LogP contribution in [-0.4, -0.2) is 54.1 Å². The van der Waals surface area contributed by atoms with Gasteiger partial charge in [-0.15, -0.1) is 0 Å². The first-order valence-corrected chi connectivity index (χ1v) is 10.4. The fourth-order valence-electron chi connectivity index (χ4n) is 5.08. The first-order valence-electron chi connectivity index (χ1n) is 10.4. The van der Waals surface area contributed by atoms with Crippen molar-refractivity contribution in [3.8, 4) is 0 Å². The van der Waals surface area contributed by atoms with Crippen LogP contribution < -0.4 is 10.2 Å². The quantitative estimate of drug-likeness (QED) is 0.902. The van der Waals surface area contributed by atoms with Gasteiger partial charge in [-0.2, -0.15) is 0 Å². The molecular weight excluding hydrogens is 340 g/mol. The number of furan rings is 1. The summed E-state index contributed by atoms with van der Waals surface area (Å²) in [7, 11) is 0. The molecule has 0 spiro atoms. The van der Waals surface area contributed by atoms with E-state index in [1.54, 1.807) is 12.3 Å². The number of hydrogen-bond acceptors (Lipinski definition) is 5. The minimum absolute atomic E-state index is 0.0848.